The Hall–Kier alpha value is -3.15. The number of fused-ring (bicyclic) bond motifs is 1. The predicted molar refractivity (Wildman–Crippen MR) is 92.3 cm³/mol. The summed E-state index contributed by atoms with van der Waals surface area (Å²) in [6.07, 6.45) is 2.29. The number of carbonyl (C=O) groups is 2. The molecule has 3 rings (SSSR count). The molecule has 6 nitrogen and oxygen atoms in total. The van der Waals surface area contributed by atoms with Crippen LogP contribution in [0, 0.1) is 0 Å². The lowest BCUT2D eigenvalue weighted by Crippen LogP contribution is -2.15. The summed E-state index contributed by atoms with van der Waals surface area (Å²) in [7, 11) is 0. The number of nitrogens with one attached hydrogen (secondary N) is 1. The second-order valence-electron chi connectivity index (χ2n) is 5.56. The number of aryl methyl sites for hydroxylation is 1. The van der Waals surface area contributed by atoms with Crippen LogP contribution in [-0.4, -0.2) is 21.4 Å². The average Bonchev–Trinajstić information content (AvgIpc) is 2.98. The van der Waals surface area contributed by atoms with Crippen molar-refractivity contribution in [3.8, 4) is 0 Å². The van der Waals surface area contributed by atoms with Crippen molar-refractivity contribution < 1.29 is 9.59 Å². The molecule has 2 amide bonds. The molecular weight excluding hydrogens is 304 g/mol. The van der Waals surface area contributed by atoms with Crippen molar-refractivity contribution in [2.75, 3.05) is 5.32 Å². The number of primary amides is 1. The number of nitrogens with zero attached hydrogens (tertiary/aromatic N) is 2. The second-order valence-corrected chi connectivity index (χ2v) is 5.56. The van der Waals surface area contributed by atoms with Gasteiger partial charge >= 0.3 is 0 Å². The molecule has 0 atom stereocenters. The molecule has 3 N–H and O–H groups in total. The Balaban J connectivity index is 1.56. The van der Waals surface area contributed by atoms with E-state index in [0.29, 0.717) is 18.7 Å². The van der Waals surface area contributed by atoms with Crippen molar-refractivity contribution in [1.29, 1.82) is 0 Å². The molecule has 0 fully saturated rings. The first-order valence-corrected chi connectivity index (χ1v) is 7.69. The van der Waals surface area contributed by atoms with E-state index < -0.39 is 0 Å². The molecule has 24 heavy (non-hydrogen) atoms. The molecule has 0 aliphatic rings. The van der Waals surface area contributed by atoms with Crippen LogP contribution >= 0.6 is 0 Å². The minimum atomic E-state index is -0.376. The molecule has 0 aliphatic heterocycles. The fourth-order valence-electron chi connectivity index (χ4n) is 2.54. The summed E-state index contributed by atoms with van der Waals surface area (Å²) in [6.45, 7) is 0.562. The lowest BCUT2D eigenvalue weighted by Gasteiger charge is -2.07. The van der Waals surface area contributed by atoms with Gasteiger partial charge in [-0.2, -0.15) is 0 Å². The zero-order valence-corrected chi connectivity index (χ0v) is 13.1. The highest BCUT2D eigenvalue weighted by Crippen LogP contribution is 2.13. The first-order chi connectivity index (χ1) is 11.6. The predicted octanol–water partition coefficient (Wildman–Crippen LogP) is 2.09. The van der Waals surface area contributed by atoms with Gasteiger partial charge in [0.1, 0.15) is 0 Å². The van der Waals surface area contributed by atoms with Gasteiger partial charge in [0.25, 0.3) is 0 Å². The minimum absolute atomic E-state index is 0.0737. The Bertz CT molecular complexity index is 868. The van der Waals surface area contributed by atoms with Crippen LogP contribution in [-0.2, 0) is 22.6 Å². The number of hydrogen-bond donors (Lipinski definition) is 2. The molecule has 0 bridgehead atoms. The Labute approximate surface area is 139 Å². The fourth-order valence-corrected chi connectivity index (χ4v) is 2.54. The number of imidazole rings is 1. The van der Waals surface area contributed by atoms with E-state index in [0.717, 1.165) is 16.6 Å². The lowest BCUT2D eigenvalue weighted by atomic mass is 10.1. The van der Waals surface area contributed by atoms with Crippen molar-refractivity contribution in [2.24, 2.45) is 5.73 Å². The van der Waals surface area contributed by atoms with E-state index in [2.05, 4.69) is 10.3 Å². The highest BCUT2D eigenvalue weighted by molar-refractivity contribution is 5.90. The number of anilines is 1. The van der Waals surface area contributed by atoms with Crippen molar-refractivity contribution in [1.82, 2.24) is 9.55 Å². The number of para-hydroxylation sites is 2. The third kappa shape index (κ3) is 3.78. The Morgan fingerprint density at radius 1 is 1.08 bits per heavy atom. The number of benzene rings is 2. The fraction of sp³-hybridized carbons (Fsp3) is 0.167. The maximum atomic E-state index is 12.1. The van der Waals surface area contributed by atoms with Gasteiger partial charge in [0.15, 0.2) is 0 Å². The first-order valence-electron chi connectivity index (χ1n) is 7.69. The second kappa shape index (κ2) is 6.95. The van der Waals surface area contributed by atoms with E-state index in [1.54, 1.807) is 30.6 Å². The summed E-state index contributed by atoms with van der Waals surface area (Å²) >= 11 is 0. The van der Waals surface area contributed by atoms with Crippen LogP contribution in [0.15, 0.2) is 54.9 Å². The standard InChI is InChI=1S/C18H18N4O2/c19-17(23)11-13-5-7-14(8-6-13)21-18(24)9-10-22-12-20-15-3-1-2-4-16(15)22/h1-8,12H,9-11H2,(H2,19,23)(H,21,24). The van der Waals surface area contributed by atoms with Crippen LogP contribution in [0.1, 0.15) is 12.0 Å². The number of hydrogen-bond acceptors (Lipinski definition) is 3. The molecular formula is C18H18N4O2. The summed E-state index contributed by atoms with van der Waals surface area (Å²) in [5.74, 6) is -0.449. The molecule has 6 heteroatoms. The molecule has 0 aliphatic carbocycles. The Morgan fingerprint density at radius 2 is 1.83 bits per heavy atom. The van der Waals surface area contributed by atoms with Gasteiger partial charge in [-0.05, 0) is 29.8 Å². The van der Waals surface area contributed by atoms with Gasteiger partial charge in [-0.25, -0.2) is 4.98 Å². The zero-order valence-electron chi connectivity index (χ0n) is 13.1. The van der Waals surface area contributed by atoms with E-state index >= 15 is 0 Å². The molecule has 0 saturated carbocycles. The van der Waals surface area contributed by atoms with Gasteiger partial charge in [0.05, 0.1) is 23.8 Å². The van der Waals surface area contributed by atoms with E-state index in [9.17, 15) is 9.59 Å². The SMILES string of the molecule is NC(=O)Cc1ccc(NC(=O)CCn2cnc3ccccc32)cc1. The van der Waals surface area contributed by atoms with Crippen LogP contribution in [0.2, 0.25) is 0 Å². The van der Waals surface area contributed by atoms with Gasteiger partial charge in [0, 0.05) is 18.7 Å². The number of nitrogens with two attached hydrogens (primary N) is 1. The van der Waals surface area contributed by atoms with E-state index in [1.165, 1.54) is 0 Å². The molecule has 3 aromatic rings. The van der Waals surface area contributed by atoms with E-state index in [-0.39, 0.29) is 18.2 Å². The van der Waals surface area contributed by atoms with Crippen LogP contribution < -0.4 is 11.1 Å². The van der Waals surface area contributed by atoms with Crippen LogP contribution in [0.25, 0.3) is 11.0 Å². The van der Waals surface area contributed by atoms with Crippen LogP contribution in [0.4, 0.5) is 5.69 Å². The Morgan fingerprint density at radius 3 is 2.58 bits per heavy atom. The molecule has 1 aromatic heterocycles. The van der Waals surface area contributed by atoms with Crippen molar-refractivity contribution in [3.63, 3.8) is 0 Å². The number of carbonyl (C=O) groups excluding carboxylic acids is 2. The van der Waals surface area contributed by atoms with Gasteiger partial charge < -0.3 is 15.6 Å². The normalized spacial score (nSPS) is 10.7. The lowest BCUT2D eigenvalue weighted by molar-refractivity contribution is -0.117. The summed E-state index contributed by atoms with van der Waals surface area (Å²) in [6, 6.07) is 14.9. The molecule has 2 aromatic carbocycles. The topological polar surface area (TPSA) is 90.0 Å². The van der Waals surface area contributed by atoms with Gasteiger partial charge in [-0.15, -0.1) is 0 Å². The summed E-state index contributed by atoms with van der Waals surface area (Å²) in [5.41, 5.74) is 8.61. The maximum Gasteiger partial charge on any atom is 0.226 e. The monoisotopic (exact) mass is 322 g/mol. The quantitative estimate of drug-likeness (QED) is 0.728. The van der Waals surface area contributed by atoms with Crippen molar-refractivity contribution in [2.45, 2.75) is 19.4 Å². The van der Waals surface area contributed by atoms with Gasteiger partial charge in [0.2, 0.25) is 11.8 Å². The maximum absolute atomic E-state index is 12.1. The summed E-state index contributed by atoms with van der Waals surface area (Å²) in [4.78, 5) is 27.3. The van der Waals surface area contributed by atoms with Crippen LogP contribution in [0.3, 0.4) is 0 Å². The van der Waals surface area contributed by atoms with E-state index in [4.69, 9.17) is 5.73 Å². The van der Waals surface area contributed by atoms with Gasteiger partial charge in [-0.3, -0.25) is 9.59 Å². The Kier molecular flexibility index (Phi) is 4.56. The minimum Gasteiger partial charge on any atom is -0.369 e. The summed E-state index contributed by atoms with van der Waals surface area (Å²) < 4.78 is 1.96. The zero-order chi connectivity index (χ0) is 16.9. The van der Waals surface area contributed by atoms with Crippen molar-refractivity contribution in [3.05, 3.63) is 60.4 Å². The molecule has 0 radical (unpaired) electrons. The van der Waals surface area contributed by atoms with E-state index in [1.807, 2.05) is 28.8 Å². The average molecular weight is 322 g/mol. The largest absolute Gasteiger partial charge is 0.369 e. The number of amides is 2. The molecule has 1 heterocycles. The molecule has 0 saturated heterocycles. The molecule has 122 valence electrons. The highest BCUT2D eigenvalue weighted by Gasteiger charge is 2.06. The number of aromatic nitrogens is 2. The third-order valence-corrected chi connectivity index (χ3v) is 3.72. The highest BCUT2D eigenvalue weighted by atomic mass is 16.1. The third-order valence-electron chi connectivity index (χ3n) is 3.72. The van der Waals surface area contributed by atoms with Crippen LogP contribution in [0.5, 0.6) is 0 Å². The number of rotatable bonds is 6. The van der Waals surface area contributed by atoms with Crippen molar-refractivity contribution >= 4 is 28.5 Å². The molecule has 0 unspecified atom stereocenters. The van der Waals surface area contributed by atoms with Gasteiger partial charge in [-0.1, -0.05) is 24.3 Å². The first kappa shape index (κ1) is 15.7. The summed E-state index contributed by atoms with van der Waals surface area (Å²) in [5, 5.41) is 2.84. The molecule has 0 spiro atoms. The smallest absolute Gasteiger partial charge is 0.226 e.